The Balaban J connectivity index is 1.54. The molecule has 3 rings (SSSR count). The molecular formula is C34H48N2. The Kier molecular flexibility index (Phi) is 12.1. The summed E-state index contributed by atoms with van der Waals surface area (Å²) < 4.78 is 0. The number of hydrogen-bond acceptors (Lipinski definition) is 2. The maximum atomic E-state index is 6.20. The average Bonchev–Trinajstić information content (AvgIpc) is 2.91. The van der Waals surface area contributed by atoms with Gasteiger partial charge in [-0.15, -0.1) is 0 Å². The van der Waals surface area contributed by atoms with Gasteiger partial charge in [0.05, 0.1) is 0 Å². The Bertz CT molecular complexity index is 955. The van der Waals surface area contributed by atoms with Gasteiger partial charge in [-0.25, -0.2) is 0 Å². The predicted octanol–water partition coefficient (Wildman–Crippen LogP) is 8.40. The van der Waals surface area contributed by atoms with Crippen LogP contribution in [0.25, 0.3) is 0 Å². The number of allylic oxidation sites excluding steroid dienone is 16. The molecule has 0 bridgehead atoms. The number of rotatable bonds is 11. The minimum atomic E-state index is 0.570. The van der Waals surface area contributed by atoms with Gasteiger partial charge in [0.25, 0.3) is 0 Å². The fourth-order valence-electron chi connectivity index (χ4n) is 5.76. The van der Waals surface area contributed by atoms with E-state index >= 15 is 0 Å². The molecular weight excluding hydrogens is 436 g/mol. The fraction of sp³-hybridized carbons (Fsp3) is 0.471. The molecule has 3 aliphatic rings. The molecule has 0 radical (unpaired) electrons. The molecule has 0 saturated heterocycles. The Morgan fingerprint density at radius 1 is 0.944 bits per heavy atom. The molecule has 1 unspecified atom stereocenters. The lowest BCUT2D eigenvalue weighted by Crippen LogP contribution is -2.26. The Morgan fingerprint density at radius 3 is 2.53 bits per heavy atom. The lowest BCUT2D eigenvalue weighted by atomic mass is 9.66. The second kappa shape index (κ2) is 15.5. The normalized spacial score (nSPS) is 27.9. The van der Waals surface area contributed by atoms with Gasteiger partial charge >= 0.3 is 0 Å². The summed E-state index contributed by atoms with van der Waals surface area (Å²) in [5.74, 6) is 2.75. The number of fused-ring (bicyclic) bond motifs is 1. The van der Waals surface area contributed by atoms with Gasteiger partial charge in [0, 0.05) is 24.6 Å². The van der Waals surface area contributed by atoms with Gasteiger partial charge in [-0.3, -0.25) is 0 Å². The van der Waals surface area contributed by atoms with Crippen LogP contribution in [0.5, 0.6) is 0 Å². The molecule has 2 atom stereocenters. The zero-order valence-corrected chi connectivity index (χ0v) is 22.6. The third kappa shape index (κ3) is 8.82. The van der Waals surface area contributed by atoms with Crippen molar-refractivity contribution in [3.8, 4) is 0 Å². The summed E-state index contributed by atoms with van der Waals surface area (Å²) in [6.45, 7) is 4.96. The lowest BCUT2D eigenvalue weighted by Gasteiger charge is -2.38. The van der Waals surface area contributed by atoms with Crippen molar-refractivity contribution in [2.24, 2.45) is 35.1 Å². The van der Waals surface area contributed by atoms with E-state index in [9.17, 15) is 0 Å². The highest BCUT2D eigenvalue weighted by Gasteiger charge is 2.33. The fourth-order valence-corrected chi connectivity index (χ4v) is 5.76. The molecule has 0 spiro atoms. The summed E-state index contributed by atoms with van der Waals surface area (Å²) >= 11 is 0. The maximum absolute atomic E-state index is 6.20. The molecule has 0 aromatic heterocycles. The van der Waals surface area contributed by atoms with Gasteiger partial charge in [-0.1, -0.05) is 97.1 Å². The zero-order valence-electron chi connectivity index (χ0n) is 22.6. The molecule has 4 N–H and O–H groups in total. The second-order valence-corrected chi connectivity index (χ2v) is 10.6. The lowest BCUT2D eigenvalue weighted by molar-refractivity contribution is 0.310. The molecule has 2 heteroatoms. The molecule has 3 aliphatic carbocycles. The summed E-state index contributed by atoms with van der Waals surface area (Å²) in [6.07, 6.45) is 41.9. The van der Waals surface area contributed by atoms with Crippen LogP contribution < -0.4 is 11.5 Å². The van der Waals surface area contributed by atoms with Crippen molar-refractivity contribution in [1.29, 1.82) is 0 Å². The topological polar surface area (TPSA) is 52.0 Å². The first-order chi connectivity index (χ1) is 17.6. The number of hydrogen-bond donors (Lipinski definition) is 2. The van der Waals surface area contributed by atoms with Crippen molar-refractivity contribution >= 4 is 0 Å². The van der Waals surface area contributed by atoms with Crippen molar-refractivity contribution in [3.05, 3.63) is 107 Å². The van der Waals surface area contributed by atoms with Crippen molar-refractivity contribution in [2.75, 3.05) is 6.54 Å². The average molecular weight is 485 g/mol. The molecule has 36 heavy (non-hydrogen) atoms. The SMILES string of the molecule is CC/C(C)=C\C=C/C/C(N)=C/C=C\C[C@@H]1CCC(C2CCC(/C=C/C=C\CN)CC2)=C2C=CC=CC21. The quantitative estimate of drug-likeness (QED) is 0.289. The van der Waals surface area contributed by atoms with Gasteiger partial charge in [0.1, 0.15) is 0 Å². The summed E-state index contributed by atoms with van der Waals surface area (Å²) in [4.78, 5) is 0. The van der Waals surface area contributed by atoms with Gasteiger partial charge in [-0.05, 0) is 87.7 Å². The van der Waals surface area contributed by atoms with E-state index < -0.39 is 0 Å². The van der Waals surface area contributed by atoms with Crippen LogP contribution in [0.4, 0.5) is 0 Å². The Morgan fingerprint density at radius 2 is 1.75 bits per heavy atom. The minimum Gasteiger partial charge on any atom is -0.402 e. The van der Waals surface area contributed by atoms with Crippen LogP contribution in [0.15, 0.2) is 107 Å². The van der Waals surface area contributed by atoms with Crippen molar-refractivity contribution < 1.29 is 0 Å². The Labute approximate surface area is 220 Å². The van der Waals surface area contributed by atoms with E-state index in [4.69, 9.17) is 11.5 Å². The Hall–Kier alpha value is -2.58. The molecule has 0 aromatic rings. The van der Waals surface area contributed by atoms with Crippen molar-refractivity contribution in [3.63, 3.8) is 0 Å². The van der Waals surface area contributed by atoms with E-state index in [1.807, 2.05) is 6.08 Å². The first-order valence-corrected chi connectivity index (χ1v) is 14.2. The van der Waals surface area contributed by atoms with Gasteiger partial charge < -0.3 is 11.5 Å². The summed E-state index contributed by atoms with van der Waals surface area (Å²) in [6, 6.07) is 0. The maximum Gasteiger partial charge on any atom is 0.0119 e. The highest BCUT2D eigenvalue weighted by Crippen LogP contribution is 2.46. The highest BCUT2D eigenvalue weighted by molar-refractivity contribution is 5.40. The highest BCUT2D eigenvalue weighted by atomic mass is 14.6. The predicted molar refractivity (Wildman–Crippen MR) is 158 cm³/mol. The van der Waals surface area contributed by atoms with Crippen LogP contribution in [-0.4, -0.2) is 6.54 Å². The number of nitrogens with two attached hydrogens (primary N) is 2. The van der Waals surface area contributed by atoms with E-state index in [-0.39, 0.29) is 0 Å². The molecule has 2 nitrogen and oxygen atoms in total. The first-order valence-electron chi connectivity index (χ1n) is 14.2. The van der Waals surface area contributed by atoms with Crippen molar-refractivity contribution in [2.45, 2.75) is 71.6 Å². The molecule has 1 fully saturated rings. The van der Waals surface area contributed by atoms with E-state index in [0.29, 0.717) is 18.4 Å². The smallest absolute Gasteiger partial charge is 0.0119 e. The van der Waals surface area contributed by atoms with Crippen LogP contribution >= 0.6 is 0 Å². The van der Waals surface area contributed by atoms with Crippen LogP contribution in [0.2, 0.25) is 0 Å². The van der Waals surface area contributed by atoms with E-state index in [2.05, 4.69) is 92.8 Å². The zero-order chi connectivity index (χ0) is 25.6. The van der Waals surface area contributed by atoms with Gasteiger partial charge in [-0.2, -0.15) is 0 Å². The standard InChI is InChI=1S/C34H48N2/c1-3-27(2)13-6-8-16-31(36)17-9-7-15-29-24-25-33(34-19-11-10-18-32(29)34)30-22-20-28(21-23-30)14-5-4-12-26-35/h4-14,17-19,28-30,32H,3,15-16,20-26,35-36H2,1-2H3/b8-6-,9-7-,12-4-,14-5+,27-13-,31-17-/t28?,29-,30?,32?/m1/s1. The largest absolute Gasteiger partial charge is 0.402 e. The van der Waals surface area contributed by atoms with E-state index in [0.717, 1.165) is 36.8 Å². The summed E-state index contributed by atoms with van der Waals surface area (Å²) in [5, 5.41) is 0. The molecule has 0 aliphatic heterocycles. The third-order valence-electron chi connectivity index (χ3n) is 8.07. The molecule has 0 heterocycles. The van der Waals surface area contributed by atoms with Crippen LogP contribution in [-0.2, 0) is 0 Å². The molecule has 194 valence electrons. The van der Waals surface area contributed by atoms with Crippen LogP contribution in [0, 0.1) is 23.7 Å². The van der Waals surface area contributed by atoms with Crippen molar-refractivity contribution in [1.82, 2.24) is 0 Å². The van der Waals surface area contributed by atoms with Crippen LogP contribution in [0.3, 0.4) is 0 Å². The minimum absolute atomic E-state index is 0.570. The molecule has 1 saturated carbocycles. The molecule has 0 amide bonds. The van der Waals surface area contributed by atoms with E-state index in [1.165, 1.54) is 44.1 Å². The molecule has 0 aromatic carbocycles. The first kappa shape index (κ1) is 28.0. The van der Waals surface area contributed by atoms with E-state index in [1.54, 1.807) is 11.1 Å². The summed E-state index contributed by atoms with van der Waals surface area (Å²) in [7, 11) is 0. The van der Waals surface area contributed by atoms with Crippen LogP contribution in [0.1, 0.15) is 71.6 Å². The summed E-state index contributed by atoms with van der Waals surface area (Å²) in [5.41, 5.74) is 17.4. The monoisotopic (exact) mass is 484 g/mol. The third-order valence-corrected chi connectivity index (χ3v) is 8.07. The second-order valence-electron chi connectivity index (χ2n) is 10.6. The van der Waals surface area contributed by atoms with Gasteiger partial charge in [0.15, 0.2) is 0 Å². The van der Waals surface area contributed by atoms with Gasteiger partial charge in [0.2, 0.25) is 0 Å².